The van der Waals surface area contributed by atoms with Crippen LogP contribution in [-0.4, -0.2) is 54.6 Å². The highest BCUT2D eigenvalue weighted by Gasteiger charge is 2.50. The Morgan fingerprint density at radius 3 is 2.73 bits per heavy atom. The van der Waals surface area contributed by atoms with Crippen molar-refractivity contribution in [3.63, 3.8) is 0 Å². The standard InChI is InChI=1S/C28H25N7O2/c1-2-5-23(37)35-20-15-21(32-16-20)25(35)28-33-24(26-27(29)31-12-13-34(26)28)18-9-7-17(8-10-18)22(36)14-19-6-3-4-11-30-19/h3-4,6-13,20-21,25,32H,14-16H2,1H3,(H2,29,31)/t20?,21-,25?/m0/s1. The van der Waals surface area contributed by atoms with Crippen molar-refractivity contribution in [1.29, 1.82) is 0 Å². The van der Waals surface area contributed by atoms with Gasteiger partial charge < -0.3 is 16.0 Å². The molecule has 9 nitrogen and oxygen atoms in total. The summed E-state index contributed by atoms with van der Waals surface area (Å²) >= 11 is 0. The third-order valence-corrected chi connectivity index (χ3v) is 7.11. The molecular weight excluding hydrogens is 466 g/mol. The Kier molecular flexibility index (Phi) is 5.66. The Morgan fingerprint density at radius 2 is 1.97 bits per heavy atom. The molecule has 9 heteroatoms. The lowest BCUT2D eigenvalue weighted by Gasteiger charge is -2.33. The summed E-state index contributed by atoms with van der Waals surface area (Å²) in [6, 6.07) is 12.7. The first-order valence-electron chi connectivity index (χ1n) is 12.2. The van der Waals surface area contributed by atoms with Crippen LogP contribution < -0.4 is 11.1 Å². The molecule has 6 rings (SSSR count). The first kappa shape index (κ1) is 22.9. The number of amides is 1. The molecule has 2 saturated heterocycles. The predicted molar refractivity (Wildman–Crippen MR) is 138 cm³/mol. The second-order valence-electron chi connectivity index (χ2n) is 9.28. The van der Waals surface area contributed by atoms with Crippen LogP contribution in [0.5, 0.6) is 0 Å². The summed E-state index contributed by atoms with van der Waals surface area (Å²) < 4.78 is 1.92. The zero-order valence-electron chi connectivity index (χ0n) is 20.3. The third-order valence-electron chi connectivity index (χ3n) is 7.11. The Labute approximate surface area is 213 Å². The van der Waals surface area contributed by atoms with Gasteiger partial charge in [0.25, 0.3) is 5.91 Å². The molecule has 2 unspecified atom stereocenters. The molecule has 3 atom stereocenters. The lowest BCUT2D eigenvalue weighted by molar-refractivity contribution is -0.129. The number of carbonyl (C=O) groups excluding carboxylic acids is 2. The lowest BCUT2D eigenvalue weighted by Crippen LogP contribution is -2.49. The summed E-state index contributed by atoms with van der Waals surface area (Å²) in [5, 5.41) is 3.51. The van der Waals surface area contributed by atoms with E-state index >= 15 is 0 Å². The fourth-order valence-corrected chi connectivity index (χ4v) is 5.47. The minimum Gasteiger partial charge on any atom is -0.382 e. The van der Waals surface area contributed by atoms with Gasteiger partial charge in [-0.05, 0) is 31.4 Å². The van der Waals surface area contributed by atoms with Crippen molar-refractivity contribution < 1.29 is 9.59 Å². The van der Waals surface area contributed by atoms with E-state index in [-0.39, 0.29) is 36.2 Å². The van der Waals surface area contributed by atoms with E-state index in [1.54, 1.807) is 31.5 Å². The molecule has 37 heavy (non-hydrogen) atoms. The van der Waals surface area contributed by atoms with E-state index in [1.807, 2.05) is 45.8 Å². The molecule has 0 spiro atoms. The van der Waals surface area contributed by atoms with Crippen LogP contribution in [0.4, 0.5) is 5.82 Å². The van der Waals surface area contributed by atoms with Crippen molar-refractivity contribution in [1.82, 2.24) is 29.6 Å². The number of anilines is 1. The number of piperazine rings is 1. The average molecular weight is 492 g/mol. The Balaban J connectivity index is 1.39. The number of nitrogen functional groups attached to an aromatic ring is 1. The number of aromatic nitrogens is 4. The first-order valence-corrected chi connectivity index (χ1v) is 12.2. The number of carbonyl (C=O) groups is 2. The summed E-state index contributed by atoms with van der Waals surface area (Å²) in [4.78, 5) is 41.1. The van der Waals surface area contributed by atoms with Gasteiger partial charge in [0, 0.05) is 54.0 Å². The molecule has 3 N–H and O–H groups in total. The van der Waals surface area contributed by atoms with Crippen LogP contribution in [0, 0.1) is 11.8 Å². The molecule has 5 heterocycles. The molecule has 3 aromatic heterocycles. The van der Waals surface area contributed by atoms with E-state index in [1.165, 1.54) is 0 Å². The highest BCUT2D eigenvalue weighted by Crippen LogP contribution is 2.41. The zero-order valence-corrected chi connectivity index (χ0v) is 20.3. The quantitative estimate of drug-likeness (QED) is 0.325. The largest absolute Gasteiger partial charge is 0.382 e. The van der Waals surface area contributed by atoms with Crippen molar-refractivity contribution in [2.75, 3.05) is 12.3 Å². The van der Waals surface area contributed by atoms with Gasteiger partial charge in [0.2, 0.25) is 0 Å². The van der Waals surface area contributed by atoms with Gasteiger partial charge in [0.05, 0.1) is 6.42 Å². The molecule has 184 valence electrons. The van der Waals surface area contributed by atoms with E-state index in [4.69, 9.17) is 10.7 Å². The molecule has 0 aliphatic carbocycles. The molecule has 2 aliphatic heterocycles. The normalized spacial score (nSPS) is 20.1. The first-order chi connectivity index (χ1) is 18.0. The minimum atomic E-state index is -0.283. The number of rotatable bonds is 5. The van der Waals surface area contributed by atoms with Crippen LogP contribution in [0.3, 0.4) is 0 Å². The summed E-state index contributed by atoms with van der Waals surface area (Å²) in [7, 11) is 0. The number of fused-ring (bicyclic) bond motifs is 3. The Bertz CT molecular complexity index is 1570. The van der Waals surface area contributed by atoms with Crippen LogP contribution in [0.25, 0.3) is 16.8 Å². The second kappa shape index (κ2) is 9.15. The molecule has 2 bridgehead atoms. The number of benzene rings is 1. The van der Waals surface area contributed by atoms with Gasteiger partial charge >= 0.3 is 0 Å². The summed E-state index contributed by atoms with van der Waals surface area (Å²) in [6.07, 6.45) is 6.22. The number of hydrogen-bond donors (Lipinski definition) is 2. The van der Waals surface area contributed by atoms with Gasteiger partial charge in [-0.25, -0.2) is 9.97 Å². The van der Waals surface area contributed by atoms with E-state index in [0.717, 1.165) is 24.2 Å². The number of Topliss-reactive ketones (excluding diaryl/α,β-unsaturated/α-hetero) is 1. The monoisotopic (exact) mass is 491 g/mol. The van der Waals surface area contributed by atoms with Crippen LogP contribution in [0.15, 0.2) is 61.1 Å². The minimum absolute atomic E-state index is 0.0129. The summed E-state index contributed by atoms with van der Waals surface area (Å²) in [6.45, 7) is 2.41. The van der Waals surface area contributed by atoms with Crippen molar-refractivity contribution in [3.8, 4) is 23.1 Å². The van der Waals surface area contributed by atoms with E-state index in [2.05, 4.69) is 27.1 Å². The number of imidazole rings is 1. The van der Waals surface area contributed by atoms with Crippen LogP contribution in [0.1, 0.15) is 41.3 Å². The van der Waals surface area contributed by atoms with Crippen molar-refractivity contribution in [2.24, 2.45) is 0 Å². The topological polar surface area (TPSA) is 119 Å². The highest BCUT2D eigenvalue weighted by atomic mass is 16.2. The smallest absolute Gasteiger partial charge is 0.299 e. The van der Waals surface area contributed by atoms with Crippen LogP contribution in [0.2, 0.25) is 0 Å². The fourth-order valence-electron chi connectivity index (χ4n) is 5.47. The maximum atomic E-state index is 12.9. The van der Waals surface area contributed by atoms with Crippen LogP contribution >= 0.6 is 0 Å². The van der Waals surface area contributed by atoms with Gasteiger partial charge in [-0.1, -0.05) is 36.3 Å². The molecule has 0 saturated carbocycles. The van der Waals surface area contributed by atoms with E-state index in [9.17, 15) is 9.59 Å². The Hall–Kier alpha value is -4.55. The highest BCUT2D eigenvalue weighted by molar-refractivity contribution is 5.98. The van der Waals surface area contributed by atoms with Gasteiger partial charge in [-0.2, -0.15) is 0 Å². The number of nitrogens with one attached hydrogen (secondary N) is 1. The van der Waals surface area contributed by atoms with Gasteiger partial charge in [0.1, 0.15) is 28.9 Å². The Morgan fingerprint density at radius 1 is 1.14 bits per heavy atom. The second-order valence-corrected chi connectivity index (χ2v) is 9.28. The number of pyridine rings is 1. The summed E-state index contributed by atoms with van der Waals surface area (Å²) in [5.41, 5.74) is 9.79. The predicted octanol–water partition coefficient (Wildman–Crippen LogP) is 2.44. The number of likely N-dealkylation sites (tertiary alicyclic amines) is 1. The van der Waals surface area contributed by atoms with Gasteiger partial charge in [0.15, 0.2) is 5.78 Å². The zero-order chi connectivity index (χ0) is 25.5. The molecule has 2 fully saturated rings. The fraction of sp³-hybridized carbons (Fsp3) is 0.250. The van der Waals surface area contributed by atoms with E-state index < -0.39 is 0 Å². The lowest BCUT2D eigenvalue weighted by atomic mass is 10.0. The number of nitrogens with zero attached hydrogens (tertiary/aromatic N) is 5. The van der Waals surface area contributed by atoms with Crippen molar-refractivity contribution in [3.05, 3.63) is 78.1 Å². The molecular formula is C28H25N7O2. The third kappa shape index (κ3) is 3.92. The van der Waals surface area contributed by atoms with Crippen molar-refractivity contribution >= 4 is 23.0 Å². The molecule has 1 aromatic carbocycles. The maximum absolute atomic E-state index is 12.9. The molecule has 4 aromatic rings. The number of nitrogens with two attached hydrogens (primary N) is 1. The van der Waals surface area contributed by atoms with E-state index in [0.29, 0.717) is 28.4 Å². The summed E-state index contributed by atoms with van der Waals surface area (Å²) in [5.74, 6) is 6.28. The van der Waals surface area contributed by atoms with Crippen LogP contribution in [-0.2, 0) is 11.2 Å². The molecule has 2 aliphatic rings. The average Bonchev–Trinajstić information content (AvgIpc) is 3.63. The van der Waals surface area contributed by atoms with Gasteiger partial charge in [-0.3, -0.25) is 19.0 Å². The molecule has 0 radical (unpaired) electrons. The van der Waals surface area contributed by atoms with Crippen molar-refractivity contribution in [2.45, 2.75) is 37.9 Å². The maximum Gasteiger partial charge on any atom is 0.299 e. The number of ketones is 1. The van der Waals surface area contributed by atoms with Gasteiger partial charge in [-0.15, -0.1) is 0 Å². The SMILES string of the molecule is CC#CC(=O)N1C2CN[C@@H](C2)C1c1nc(-c2ccc(C(=O)Cc3ccccn3)cc2)c2c(N)nccn12. The molecule has 1 amide bonds. The number of hydrogen-bond acceptors (Lipinski definition) is 7.